The van der Waals surface area contributed by atoms with Gasteiger partial charge in [-0.2, -0.15) is 0 Å². The highest BCUT2D eigenvalue weighted by Crippen LogP contribution is 2.33. The van der Waals surface area contributed by atoms with Crippen molar-refractivity contribution in [2.24, 2.45) is 0 Å². The Morgan fingerprint density at radius 2 is 1.92 bits per heavy atom. The predicted molar refractivity (Wildman–Crippen MR) is 115 cm³/mol. The van der Waals surface area contributed by atoms with Crippen LogP contribution in [0.2, 0.25) is 0 Å². The highest BCUT2D eigenvalue weighted by Gasteiger charge is 2.42. The molecule has 2 unspecified atom stereocenters. The van der Waals surface area contributed by atoms with Crippen LogP contribution in [0.1, 0.15) is 59.4 Å². The van der Waals surface area contributed by atoms with Crippen LogP contribution < -0.4 is 0 Å². The molecule has 1 saturated heterocycles. The fraction of sp³-hybridized carbons (Fsp3) is 0.700. The first-order valence-electron chi connectivity index (χ1n) is 9.26. The quantitative estimate of drug-likeness (QED) is 0.325. The number of hydrogen-bond acceptors (Lipinski definition) is 3. The summed E-state index contributed by atoms with van der Waals surface area (Å²) in [6, 6.07) is 10.5. The molecular weight excluding hydrogens is 445 g/mol. The normalized spacial score (nSPS) is 27.3. The SMILES string of the molecule is CC[C@@H]([C@@H]1CCC(I)C(C)O1)N(Cc1ccccc1)[S@@+]([O-])C(C)(C)C. The summed E-state index contributed by atoms with van der Waals surface area (Å²) < 4.78 is 22.2. The third-order valence-electron chi connectivity index (χ3n) is 4.76. The Morgan fingerprint density at radius 1 is 1.28 bits per heavy atom. The van der Waals surface area contributed by atoms with Gasteiger partial charge in [0.25, 0.3) is 0 Å². The zero-order valence-electron chi connectivity index (χ0n) is 16.1. The van der Waals surface area contributed by atoms with E-state index in [0.717, 1.165) is 12.8 Å². The first kappa shape index (κ1) is 21.5. The minimum absolute atomic E-state index is 0.154. The van der Waals surface area contributed by atoms with Crippen LogP contribution >= 0.6 is 22.6 Å². The molecule has 0 radical (unpaired) electrons. The van der Waals surface area contributed by atoms with Crippen molar-refractivity contribution in [3.05, 3.63) is 35.9 Å². The summed E-state index contributed by atoms with van der Waals surface area (Å²) in [7, 11) is 0. The van der Waals surface area contributed by atoms with Crippen LogP contribution in [0.25, 0.3) is 0 Å². The number of nitrogens with zero attached hydrogens (tertiary/aromatic N) is 1. The van der Waals surface area contributed by atoms with E-state index in [9.17, 15) is 4.55 Å². The van der Waals surface area contributed by atoms with Crippen LogP contribution in [0, 0.1) is 0 Å². The van der Waals surface area contributed by atoms with Gasteiger partial charge < -0.3 is 9.29 Å². The molecule has 5 heteroatoms. The average Bonchev–Trinajstić information content (AvgIpc) is 2.57. The van der Waals surface area contributed by atoms with E-state index in [-0.39, 0.29) is 23.0 Å². The number of alkyl halides is 1. The maximum atomic E-state index is 13.3. The van der Waals surface area contributed by atoms with Gasteiger partial charge in [-0.15, -0.1) is 4.31 Å². The molecule has 0 aliphatic carbocycles. The maximum Gasteiger partial charge on any atom is 0.137 e. The topological polar surface area (TPSA) is 35.5 Å². The predicted octanol–water partition coefficient (Wildman–Crippen LogP) is 5.10. The van der Waals surface area contributed by atoms with E-state index < -0.39 is 11.4 Å². The second kappa shape index (κ2) is 9.40. The molecule has 0 saturated carbocycles. The van der Waals surface area contributed by atoms with Crippen molar-refractivity contribution in [2.45, 2.75) is 87.3 Å². The van der Waals surface area contributed by atoms with Gasteiger partial charge >= 0.3 is 0 Å². The molecule has 1 fully saturated rings. The molecule has 5 atom stereocenters. The highest BCUT2D eigenvalue weighted by atomic mass is 127. The smallest absolute Gasteiger partial charge is 0.137 e. The Bertz CT molecular complexity index is 522. The maximum absolute atomic E-state index is 13.3. The summed E-state index contributed by atoms with van der Waals surface area (Å²) >= 11 is 1.42. The van der Waals surface area contributed by atoms with Gasteiger partial charge in [0.2, 0.25) is 0 Å². The Morgan fingerprint density at radius 3 is 2.44 bits per heavy atom. The zero-order valence-corrected chi connectivity index (χ0v) is 19.0. The lowest BCUT2D eigenvalue weighted by molar-refractivity contribution is -0.0657. The van der Waals surface area contributed by atoms with Crippen LogP contribution in [0.15, 0.2) is 30.3 Å². The third kappa shape index (κ3) is 5.83. The van der Waals surface area contributed by atoms with Crippen LogP contribution in [0.4, 0.5) is 0 Å². The van der Waals surface area contributed by atoms with Crippen LogP contribution in [0.5, 0.6) is 0 Å². The molecule has 0 aromatic heterocycles. The van der Waals surface area contributed by atoms with E-state index >= 15 is 0 Å². The first-order chi connectivity index (χ1) is 11.7. The number of benzene rings is 1. The molecule has 2 rings (SSSR count). The van der Waals surface area contributed by atoms with E-state index in [4.69, 9.17) is 4.74 Å². The second-order valence-corrected chi connectivity index (χ2v) is 11.7. The van der Waals surface area contributed by atoms with Crippen molar-refractivity contribution in [1.29, 1.82) is 0 Å². The molecule has 0 amide bonds. The van der Waals surface area contributed by atoms with Gasteiger partial charge in [0.15, 0.2) is 0 Å². The van der Waals surface area contributed by atoms with Gasteiger partial charge in [-0.3, -0.25) is 0 Å². The van der Waals surface area contributed by atoms with Gasteiger partial charge in [0, 0.05) is 15.3 Å². The minimum atomic E-state index is -1.08. The summed E-state index contributed by atoms with van der Waals surface area (Å²) in [6.07, 6.45) is 3.57. The molecule has 0 spiro atoms. The molecule has 1 aliphatic heterocycles. The Balaban J connectivity index is 2.25. The van der Waals surface area contributed by atoms with E-state index in [2.05, 4.69) is 73.6 Å². The molecule has 1 aliphatic rings. The van der Waals surface area contributed by atoms with Gasteiger partial charge in [0.05, 0.1) is 24.8 Å². The summed E-state index contributed by atoms with van der Waals surface area (Å²) in [5.74, 6) is 0. The number of rotatable bonds is 6. The van der Waals surface area contributed by atoms with Gasteiger partial charge in [-0.05, 0) is 52.5 Å². The minimum Gasteiger partial charge on any atom is -0.597 e. The van der Waals surface area contributed by atoms with Crippen molar-refractivity contribution in [3.8, 4) is 0 Å². The van der Waals surface area contributed by atoms with Crippen molar-refractivity contribution in [1.82, 2.24) is 4.31 Å². The standard InChI is InChI=1S/C20H32INO2S/c1-6-18(19-13-12-17(21)15(2)24-19)22(25(23)20(3,4)5)14-16-10-8-7-9-11-16/h7-11,15,17-19H,6,12-14H2,1-5H3/t15?,17?,18-,19-,25-/m0/s1. The van der Waals surface area contributed by atoms with Gasteiger partial charge in [0.1, 0.15) is 4.75 Å². The summed E-state index contributed by atoms with van der Waals surface area (Å²) in [4.78, 5) is 0. The molecule has 3 nitrogen and oxygen atoms in total. The van der Waals surface area contributed by atoms with Crippen LogP contribution in [-0.4, -0.2) is 35.8 Å². The van der Waals surface area contributed by atoms with Crippen molar-refractivity contribution in [2.75, 3.05) is 0 Å². The van der Waals surface area contributed by atoms with Gasteiger partial charge in [-0.1, -0.05) is 59.8 Å². The van der Waals surface area contributed by atoms with Crippen LogP contribution in [-0.2, 0) is 22.6 Å². The molecule has 0 bridgehead atoms. The van der Waals surface area contributed by atoms with Crippen LogP contribution in [0.3, 0.4) is 0 Å². The van der Waals surface area contributed by atoms with Gasteiger partial charge in [-0.25, -0.2) is 0 Å². The largest absolute Gasteiger partial charge is 0.597 e. The fourth-order valence-corrected chi connectivity index (χ4v) is 5.37. The number of ether oxygens (including phenoxy) is 1. The summed E-state index contributed by atoms with van der Waals surface area (Å²) in [5.41, 5.74) is 1.20. The molecule has 142 valence electrons. The lowest BCUT2D eigenvalue weighted by atomic mass is 9.97. The number of halogens is 1. The van der Waals surface area contributed by atoms with E-state index in [1.54, 1.807) is 0 Å². The van der Waals surface area contributed by atoms with Crippen molar-refractivity contribution in [3.63, 3.8) is 0 Å². The Labute approximate surface area is 170 Å². The van der Waals surface area contributed by atoms with E-state index in [1.807, 2.05) is 18.2 Å². The summed E-state index contributed by atoms with van der Waals surface area (Å²) in [6.45, 7) is 11.2. The average molecular weight is 477 g/mol. The third-order valence-corrected chi connectivity index (χ3v) is 8.27. The lowest BCUT2D eigenvalue weighted by Gasteiger charge is -2.43. The second-order valence-electron chi connectivity index (χ2n) is 7.87. The monoisotopic (exact) mass is 477 g/mol. The zero-order chi connectivity index (χ0) is 18.6. The molecule has 1 heterocycles. The number of hydrogen-bond donors (Lipinski definition) is 0. The highest BCUT2D eigenvalue weighted by molar-refractivity contribution is 14.1. The summed E-state index contributed by atoms with van der Waals surface area (Å²) in [5, 5.41) is 0. The lowest BCUT2D eigenvalue weighted by Crippen LogP contribution is -2.54. The van der Waals surface area contributed by atoms with E-state index in [0.29, 0.717) is 10.5 Å². The Kier molecular flexibility index (Phi) is 8.08. The molecule has 25 heavy (non-hydrogen) atoms. The fourth-order valence-electron chi connectivity index (χ4n) is 3.34. The molecule has 1 aromatic carbocycles. The molecule has 0 N–H and O–H groups in total. The van der Waals surface area contributed by atoms with Crippen molar-refractivity contribution >= 4 is 34.0 Å². The first-order valence-corrected chi connectivity index (χ1v) is 11.6. The molecular formula is C20H32INO2S. The van der Waals surface area contributed by atoms with E-state index in [1.165, 1.54) is 12.0 Å². The Hall–Kier alpha value is 0.180. The van der Waals surface area contributed by atoms with Crippen molar-refractivity contribution < 1.29 is 9.29 Å². The molecule has 1 aromatic rings.